The Morgan fingerprint density at radius 2 is 1.54 bits per heavy atom. The number of fused-ring (bicyclic) bond motifs is 1. The molecule has 0 bridgehead atoms. The van der Waals surface area contributed by atoms with Crippen LogP contribution in [0.5, 0.6) is 11.5 Å². The minimum absolute atomic E-state index is 0.260. The quantitative estimate of drug-likeness (QED) is 0.103. The Labute approximate surface area is 212 Å². The number of carbonyl (C=O) groups is 2. The van der Waals surface area contributed by atoms with E-state index < -0.39 is 11.8 Å². The second kappa shape index (κ2) is 10.3. The number of rotatable bonds is 7. The summed E-state index contributed by atoms with van der Waals surface area (Å²) in [6.07, 6.45) is 2.73. The lowest BCUT2D eigenvalue weighted by Gasteiger charge is -2.06. The molecule has 0 spiro atoms. The van der Waals surface area contributed by atoms with Gasteiger partial charge in [-0.2, -0.15) is 0 Å². The molecule has 1 heterocycles. The zero-order valence-corrected chi connectivity index (χ0v) is 19.8. The molecule has 0 saturated carbocycles. The summed E-state index contributed by atoms with van der Waals surface area (Å²) in [6, 6.07) is 26.9. The maximum Gasteiger partial charge on any atom is 0.348 e. The van der Waals surface area contributed by atoms with E-state index in [4.69, 9.17) is 13.9 Å². The normalized spacial score (nSPS) is 11.1. The lowest BCUT2D eigenvalue weighted by molar-refractivity contribution is 0.0737. The third-order valence-corrected chi connectivity index (χ3v) is 5.80. The highest BCUT2D eigenvalue weighted by atomic mass is 19.1. The third kappa shape index (κ3) is 5.04. The molecule has 4 aromatic carbocycles. The van der Waals surface area contributed by atoms with Crippen molar-refractivity contribution in [2.24, 2.45) is 0 Å². The zero-order chi connectivity index (χ0) is 25.8. The van der Waals surface area contributed by atoms with Crippen LogP contribution in [-0.2, 0) is 0 Å². The van der Waals surface area contributed by atoms with E-state index in [9.17, 15) is 14.0 Å². The molecule has 0 unspecified atom stereocenters. The van der Waals surface area contributed by atoms with Gasteiger partial charge in [0, 0.05) is 22.1 Å². The molecule has 5 nitrogen and oxygen atoms in total. The second-order valence-corrected chi connectivity index (χ2v) is 8.17. The molecule has 0 aliphatic carbocycles. The summed E-state index contributed by atoms with van der Waals surface area (Å²) in [5.41, 5.74) is 2.21. The number of hydrogen-bond acceptors (Lipinski definition) is 5. The number of ketones is 1. The van der Waals surface area contributed by atoms with Crippen LogP contribution in [0.25, 0.3) is 28.4 Å². The number of hydrogen-bond donors (Lipinski definition) is 0. The van der Waals surface area contributed by atoms with Crippen molar-refractivity contribution in [1.82, 2.24) is 0 Å². The molecule has 1 aromatic heterocycles. The van der Waals surface area contributed by atoms with E-state index in [1.807, 2.05) is 30.3 Å². The largest absolute Gasteiger partial charge is 0.497 e. The Kier molecular flexibility index (Phi) is 6.64. The van der Waals surface area contributed by atoms with Gasteiger partial charge in [-0.1, -0.05) is 48.5 Å². The van der Waals surface area contributed by atoms with Gasteiger partial charge in [0.2, 0.25) is 0 Å². The number of methoxy groups -OCH3 is 1. The molecule has 6 heteroatoms. The van der Waals surface area contributed by atoms with E-state index in [0.29, 0.717) is 33.6 Å². The van der Waals surface area contributed by atoms with Crippen LogP contribution in [0.4, 0.5) is 4.39 Å². The molecule has 0 amide bonds. The fraction of sp³-hybridized carbons (Fsp3) is 0.0323. The molecule has 0 saturated heterocycles. The van der Waals surface area contributed by atoms with E-state index >= 15 is 0 Å². The monoisotopic (exact) mass is 492 g/mol. The number of esters is 1. The highest BCUT2D eigenvalue weighted by Gasteiger charge is 2.24. The van der Waals surface area contributed by atoms with Crippen LogP contribution in [0, 0.1) is 5.82 Å². The van der Waals surface area contributed by atoms with Gasteiger partial charge >= 0.3 is 5.97 Å². The van der Waals surface area contributed by atoms with E-state index in [1.54, 1.807) is 55.6 Å². The Morgan fingerprint density at radius 1 is 0.838 bits per heavy atom. The van der Waals surface area contributed by atoms with Crippen molar-refractivity contribution in [3.8, 4) is 22.8 Å². The van der Waals surface area contributed by atoms with Gasteiger partial charge < -0.3 is 13.9 Å². The van der Waals surface area contributed by atoms with Gasteiger partial charge in [0.15, 0.2) is 5.78 Å². The fourth-order valence-corrected chi connectivity index (χ4v) is 3.92. The number of benzene rings is 4. The summed E-state index contributed by atoms with van der Waals surface area (Å²) in [7, 11) is 1.55. The standard InChI is InChI=1S/C31H21FO5/c1-35-24-16-18-28-25(19-24)29(30(37-28)22-8-3-2-4-9-22)31(34)36-23-14-11-21(12-15-23)27(33)17-13-20-7-5-6-10-26(20)32/h2-19H,1H3. The van der Waals surface area contributed by atoms with E-state index in [0.717, 1.165) is 5.56 Å². The van der Waals surface area contributed by atoms with Crippen LogP contribution in [-0.4, -0.2) is 18.9 Å². The summed E-state index contributed by atoms with van der Waals surface area (Å²) in [6.45, 7) is 0. The second-order valence-electron chi connectivity index (χ2n) is 8.17. The lowest BCUT2D eigenvalue weighted by Crippen LogP contribution is -2.09. The highest BCUT2D eigenvalue weighted by Crippen LogP contribution is 2.36. The summed E-state index contributed by atoms with van der Waals surface area (Å²) in [5.74, 6) is -0.0963. The van der Waals surface area contributed by atoms with Crippen molar-refractivity contribution >= 4 is 28.8 Å². The number of allylic oxidation sites excluding steroid dienone is 1. The first kappa shape index (κ1) is 23.8. The van der Waals surface area contributed by atoms with Crippen molar-refractivity contribution in [3.05, 3.63) is 126 Å². The van der Waals surface area contributed by atoms with Crippen molar-refractivity contribution in [3.63, 3.8) is 0 Å². The number of furan rings is 1. The Balaban J connectivity index is 1.41. The van der Waals surface area contributed by atoms with Crippen molar-refractivity contribution < 1.29 is 27.9 Å². The van der Waals surface area contributed by atoms with Crippen LogP contribution in [0.15, 0.2) is 108 Å². The van der Waals surface area contributed by atoms with Gasteiger partial charge in [-0.15, -0.1) is 0 Å². The fourth-order valence-electron chi connectivity index (χ4n) is 3.92. The lowest BCUT2D eigenvalue weighted by atomic mass is 10.1. The summed E-state index contributed by atoms with van der Waals surface area (Å²) in [5, 5.41) is 0.563. The van der Waals surface area contributed by atoms with Crippen molar-refractivity contribution in [1.29, 1.82) is 0 Å². The molecule has 0 aliphatic rings. The first-order chi connectivity index (χ1) is 18.0. The topological polar surface area (TPSA) is 65.7 Å². The number of halogens is 1. The van der Waals surface area contributed by atoms with Gasteiger partial charge in [-0.05, 0) is 60.7 Å². The molecule has 5 aromatic rings. The summed E-state index contributed by atoms with van der Waals surface area (Å²) >= 11 is 0. The molecule has 0 fully saturated rings. The van der Waals surface area contributed by atoms with Gasteiger partial charge in [0.1, 0.15) is 34.2 Å². The molecular weight excluding hydrogens is 471 g/mol. The average molecular weight is 493 g/mol. The predicted molar refractivity (Wildman–Crippen MR) is 139 cm³/mol. The van der Waals surface area contributed by atoms with Gasteiger partial charge in [0.25, 0.3) is 0 Å². The molecule has 182 valence electrons. The predicted octanol–water partition coefficient (Wildman–Crippen LogP) is 7.36. The number of ether oxygens (including phenoxy) is 2. The van der Waals surface area contributed by atoms with Crippen LogP contribution >= 0.6 is 0 Å². The molecule has 0 atom stereocenters. The van der Waals surface area contributed by atoms with Gasteiger partial charge in [0.05, 0.1) is 7.11 Å². The van der Waals surface area contributed by atoms with Gasteiger partial charge in [-0.3, -0.25) is 4.79 Å². The molecule has 0 N–H and O–H groups in total. The summed E-state index contributed by atoms with van der Waals surface area (Å²) < 4.78 is 30.8. The van der Waals surface area contributed by atoms with Crippen molar-refractivity contribution in [2.45, 2.75) is 0 Å². The maximum absolute atomic E-state index is 13.8. The van der Waals surface area contributed by atoms with Crippen LogP contribution in [0.2, 0.25) is 0 Å². The van der Waals surface area contributed by atoms with Crippen LogP contribution < -0.4 is 9.47 Å². The Bertz CT molecular complexity index is 1620. The Morgan fingerprint density at radius 3 is 2.27 bits per heavy atom. The highest BCUT2D eigenvalue weighted by molar-refractivity contribution is 6.10. The third-order valence-electron chi connectivity index (χ3n) is 5.80. The SMILES string of the molecule is COc1ccc2oc(-c3ccccc3)c(C(=O)Oc3ccc(C(=O)C=Cc4ccccc4F)cc3)c2c1. The minimum atomic E-state index is -0.607. The molecule has 5 rings (SSSR count). The summed E-state index contributed by atoms with van der Waals surface area (Å²) in [4.78, 5) is 25.9. The smallest absolute Gasteiger partial charge is 0.348 e. The van der Waals surface area contributed by atoms with E-state index in [-0.39, 0.29) is 17.1 Å². The van der Waals surface area contributed by atoms with Gasteiger partial charge in [-0.25, -0.2) is 9.18 Å². The number of carbonyl (C=O) groups excluding carboxylic acids is 2. The zero-order valence-electron chi connectivity index (χ0n) is 19.8. The van der Waals surface area contributed by atoms with Crippen molar-refractivity contribution in [2.75, 3.05) is 7.11 Å². The minimum Gasteiger partial charge on any atom is -0.497 e. The first-order valence-corrected chi connectivity index (χ1v) is 11.5. The van der Waals surface area contributed by atoms with E-state index in [2.05, 4.69) is 0 Å². The maximum atomic E-state index is 13.8. The molecule has 0 radical (unpaired) electrons. The average Bonchev–Trinajstić information content (AvgIpc) is 3.32. The Hall–Kier alpha value is -4.97. The molecule has 37 heavy (non-hydrogen) atoms. The first-order valence-electron chi connectivity index (χ1n) is 11.5. The van der Waals surface area contributed by atoms with Crippen LogP contribution in [0.3, 0.4) is 0 Å². The van der Waals surface area contributed by atoms with E-state index in [1.165, 1.54) is 30.4 Å². The van der Waals surface area contributed by atoms with Crippen LogP contribution in [0.1, 0.15) is 26.3 Å². The molecule has 0 aliphatic heterocycles. The molecular formula is C31H21FO5.